The first-order valence-electron chi connectivity index (χ1n) is 25.8. The van der Waals surface area contributed by atoms with Gasteiger partial charge in [0.15, 0.2) is 46.0 Å². The Kier molecular flexibility index (Phi) is 15.7. The quantitative estimate of drug-likeness (QED) is 0.107. The fourth-order valence-corrected chi connectivity index (χ4v) is 12.2. The summed E-state index contributed by atoms with van der Waals surface area (Å²) in [6.07, 6.45) is 12.5. The zero-order chi connectivity index (χ0) is 55.7. The van der Waals surface area contributed by atoms with Crippen LogP contribution in [0.25, 0.3) is 0 Å². The zero-order valence-electron chi connectivity index (χ0n) is 45.3. The third-order valence-corrected chi connectivity index (χ3v) is 16.4. The van der Waals surface area contributed by atoms with Crippen molar-refractivity contribution in [1.82, 2.24) is 0 Å². The molecule has 7 aliphatic rings. The maximum Gasteiger partial charge on any atom is 0.237 e. The van der Waals surface area contributed by atoms with Crippen molar-refractivity contribution in [1.29, 1.82) is 0 Å². The number of methoxy groups -OCH3 is 5. The minimum absolute atomic E-state index is 0.0941. The van der Waals surface area contributed by atoms with Crippen molar-refractivity contribution in [2.24, 2.45) is 22.7 Å². The van der Waals surface area contributed by atoms with E-state index in [4.69, 9.17) is 61.6 Å². The van der Waals surface area contributed by atoms with Gasteiger partial charge in [0.05, 0.1) is 47.8 Å². The van der Waals surface area contributed by atoms with E-state index in [9.17, 15) is 19.8 Å². The standard InChI is InChI=1S/C21H22O6.C20H22O6.C20H24O5/c1-5-8-24-20-17(22-3)10-14-12(2)18(27-19(14)21(20)23-4)13-6-7-15-16(9-13)26-11-25-15;1-4-7-19-8-5-6-16(21)20(19,22)26-17(12(19)2)13-9-14(23-3)18-15(10-13)24-11-25-18;1-5-10-19-11-6-7-17(21)20(19,22)25-18(13(19)2)14-8-9-15(23-3)16(12-14)24-4/h5-7,9-10,12,18H,1,8,11H2,2-4H3;4-6,9-10,12,17,22H,1,7-8,11H2,2-3H3;5-9,12-13,18,22H,1,10-11H2,2-4H3/t12-,18-;12-,17+,19-,20-;13-,18+,19-,20-/m011/s1. The van der Waals surface area contributed by atoms with E-state index in [1.807, 2.05) is 74.5 Å². The Bertz CT molecular complexity index is 3040. The van der Waals surface area contributed by atoms with E-state index in [2.05, 4.69) is 26.7 Å². The molecule has 0 unspecified atom stereocenters. The molecule has 414 valence electrons. The summed E-state index contributed by atoms with van der Waals surface area (Å²) in [5.74, 6) is 1.99. The van der Waals surface area contributed by atoms with Crippen molar-refractivity contribution in [3.63, 3.8) is 0 Å². The summed E-state index contributed by atoms with van der Waals surface area (Å²) in [5, 5.41) is 22.4. The number of hydrogen-bond acceptors (Lipinski definition) is 17. The molecule has 10 atom stereocenters. The van der Waals surface area contributed by atoms with Gasteiger partial charge in [0.25, 0.3) is 0 Å². The SMILES string of the molecule is C=CCOc1c(OC)cc2c(c1OC)O[C@H](c1ccc3c(c1)OCO3)[C@H]2C.C=CC[C@]12CC=CC(=O)[C@@]1(O)O[C@H](c1cc(OC)c3c(c1)OCO3)[C@H]2C.C=CC[C@]12CC=CC(=O)[C@@]1(O)O[C@H](c1ccc(OC)c(OC)c1)[C@H]2C. The van der Waals surface area contributed by atoms with E-state index < -0.39 is 46.2 Å². The molecular formula is C61H68O17. The number of hydrogen-bond donors (Lipinski definition) is 2. The van der Waals surface area contributed by atoms with Gasteiger partial charge in [-0.25, -0.2) is 0 Å². The Morgan fingerprint density at radius 2 is 1.10 bits per heavy atom. The van der Waals surface area contributed by atoms with Crippen LogP contribution in [0.15, 0.2) is 117 Å². The van der Waals surface area contributed by atoms with Crippen LogP contribution in [0.2, 0.25) is 0 Å². The highest BCUT2D eigenvalue weighted by Crippen LogP contribution is 2.63. The minimum Gasteiger partial charge on any atom is -0.493 e. The van der Waals surface area contributed by atoms with Gasteiger partial charge in [-0.2, -0.15) is 0 Å². The predicted octanol–water partition coefficient (Wildman–Crippen LogP) is 10.3. The molecule has 0 spiro atoms. The van der Waals surface area contributed by atoms with Crippen LogP contribution in [0.4, 0.5) is 0 Å². The molecule has 2 saturated heterocycles. The second-order valence-electron chi connectivity index (χ2n) is 20.2. The van der Waals surface area contributed by atoms with Gasteiger partial charge in [0.1, 0.15) is 12.7 Å². The summed E-state index contributed by atoms with van der Waals surface area (Å²) in [5.41, 5.74) is 2.16. The number of aliphatic hydroxyl groups is 2. The molecule has 0 radical (unpaired) electrons. The maximum absolute atomic E-state index is 12.5. The van der Waals surface area contributed by atoms with Crippen LogP contribution in [-0.2, 0) is 19.1 Å². The van der Waals surface area contributed by atoms with Crippen molar-refractivity contribution in [3.8, 4) is 63.2 Å². The van der Waals surface area contributed by atoms with Gasteiger partial charge in [0, 0.05) is 22.3 Å². The number of rotatable bonds is 15. The lowest BCUT2D eigenvalue weighted by molar-refractivity contribution is -0.229. The largest absolute Gasteiger partial charge is 0.493 e. The first-order valence-corrected chi connectivity index (χ1v) is 25.8. The van der Waals surface area contributed by atoms with Crippen molar-refractivity contribution >= 4 is 11.6 Å². The van der Waals surface area contributed by atoms with E-state index in [-0.39, 0.29) is 37.4 Å². The third-order valence-electron chi connectivity index (χ3n) is 16.4. The van der Waals surface area contributed by atoms with E-state index in [1.54, 1.807) is 59.8 Å². The average Bonchev–Trinajstić information content (AvgIpc) is 4.29. The average molecular weight is 1070 g/mol. The van der Waals surface area contributed by atoms with Crippen LogP contribution in [0, 0.1) is 22.7 Å². The monoisotopic (exact) mass is 1070 g/mol. The molecule has 0 saturated carbocycles. The van der Waals surface area contributed by atoms with E-state index in [0.717, 1.165) is 33.8 Å². The Labute approximate surface area is 454 Å². The summed E-state index contributed by atoms with van der Waals surface area (Å²) in [6, 6.07) is 17.0. The minimum atomic E-state index is -1.87. The Morgan fingerprint density at radius 1 is 0.564 bits per heavy atom. The van der Waals surface area contributed by atoms with Gasteiger partial charge in [0.2, 0.25) is 54.0 Å². The van der Waals surface area contributed by atoms with Crippen molar-refractivity contribution in [3.05, 3.63) is 139 Å². The van der Waals surface area contributed by atoms with Gasteiger partial charge < -0.3 is 71.8 Å². The van der Waals surface area contributed by atoms with Crippen molar-refractivity contribution in [2.45, 2.75) is 82.3 Å². The molecule has 17 heteroatoms. The summed E-state index contributed by atoms with van der Waals surface area (Å²) >= 11 is 0. The van der Waals surface area contributed by atoms with Gasteiger partial charge in [-0.3, -0.25) is 9.59 Å². The van der Waals surface area contributed by atoms with Gasteiger partial charge in [-0.05, 0) is 109 Å². The smallest absolute Gasteiger partial charge is 0.237 e. The lowest BCUT2D eigenvalue weighted by atomic mass is 9.62. The Balaban J connectivity index is 0.000000142. The van der Waals surface area contributed by atoms with E-state index in [0.29, 0.717) is 84.0 Å². The lowest BCUT2D eigenvalue weighted by Crippen LogP contribution is -2.54. The molecule has 78 heavy (non-hydrogen) atoms. The number of benzene rings is 4. The number of carbonyl (C=O) groups excluding carboxylic acids is 2. The van der Waals surface area contributed by atoms with Crippen molar-refractivity contribution in [2.75, 3.05) is 55.7 Å². The van der Waals surface area contributed by atoms with Gasteiger partial charge >= 0.3 is 0 Å². The number of allylic oxidation sites excluding steroid dienone is 4. The number of ketones is 2. The molecule has 5 aliphatic heterocycles. The normalized spacial score (nSPS) is 29.1. The summed E-state index contributed by atoms with van der Waals surface area (Å²) < 4.78 is 73.2. The second kappa shape index (κ2) is 22.1. The third kappa shape index (κ3) is 8.99. The number of carbonyl (C=O) groups is 2. The molecular weight excluding hydrogens is 1000 g/mol. The molecule has 0 amide bonds. The Morgan fingerprint density at radius 3 is 1.69 bits per heavy atom. The molecule has 2 aliphatic carbocycles. The molecule has 4 aromatic carbocycles. The zero-order valence-corrected chi connectivity index (χ0v) is 45.3. The van der Waals surface area contributed by atoms with E-state index >= 15 is 0 Å². The topological polar surface area (TPSA) is 195 Å². The fraction of sp³-hybridized carbons (Fsp3) is 0.410. The molecule has 2 N–H and O–H groups in total. The number of ether oxygens (including phenoxy) is 13. The van der Waals surface area contributed by atoms with Crippen LogP contribution >= 0.6 is 0 Å². The van der Waals surface area contributed by atoms with Crippen LogP contribution in [0.1, 0.15) is 92.9 Å². The van der Waals surface area contributed by atoms with Gasteiger partial charge in [-0.1, -0.05) is 69.9 Å². The molecule has 5 heterocycles. The van der Waals surface area contributed by atoms with Crippen LogP contribution in [0.5, 0.6) is 63.2 Å². The molecule has 17 nitrogen and oxygen atoms in total. The van der Waals surface area contributed by atoms with Crippen molar-refractivity contribution < 1.29 is 81.4 Å². The molecule has 11 rings (SSSR count). The van der Waals surface area contributed by atoms with Crippen LogP contribution in [0.3, 0.4) is 0 Å². The first kappa shape index (κ1) is 55.3. The number of fused-ring (bicyclic) bond motifs is 5. The second-order valence-corrected chi connectivity index (χ2v) is 20.2. The highest BCUT2D eigenvalue weighted by molar-refractivity contribution is 5.98. The van der Waals surface area contributed by atoms with Crippen LogP contribution in [-0.4, -0.2) is 89.1 Å². The lowest BCUT2D eigenvalue weighted by Gasteiger charge is -2.42. The Hall–Kier alpha value is -7.44. The van der Waals surface area contributed by atoms with Crippen LogP contribution < -0.4 is 52.1 Å². The van der Waals surface area contributed by atoms with E-state index in [1.165, 1.54) is 12.2 Å². The molecule has 2 fully saturated rings. The summed E-state index contributed by atoms with van der Waals surface area (Å²) in [4.78, 5) is 25.0. The fourth-order valence-electron chi connectivity index (χ4n) is 12.2. The maximum atomic E-state index is 12.5. The highest BCUT2D eigenvalue weighted by Gasteiger charge is 2.68. The summed E-state index contributed by atoms with van der Waals surface area (Å²) in [6.45, 7) is 18.1. The molecule has 0 aromatic heterocycles. The first-order chi connectivity index (χ1) is 37.6. The predicted molar refractivity (Wildman–Crippen MR) is 286 cm³/mol. The van der Waals surface area contributed by atoms with Gasteiger partial charge in [-0.15, -0.1) is 13.2 Å². The highest BCUT2D eigenvalue weighted by atomic mass is 16.7. The molecule has 4 aromatic rings. The molecule has 0 bridgehead atoms. The summed E-state index contributed by atoms with van der Waals surface area (Å²) in [7, 11) is 7.91.